The Morgan fingerprint density at radius 2 is 2.25 bits per heavy atom. The monoisotopic (exact) mass is 278 g/mol. The summed E-state index contributed by atoms with van der Waals surface area (Å²) in [6, 6.07) is 3.47. The predicted octanol–water partition coefficient (Wildman–Crippen LogP) is 1.27. The summed E-state index contributed by atoms with van der Waals surface area (Å²) < 4.78 is 6.82. The van der Waals surface area contributed by atoms with Crippen LogP contribution < -0.4 is 10.9 Å². The Morgan fingerprint density at radius 3 is 2.85 bits per heavy atom. The maximum atomic E-state index is 12.2. The number of ether oxygens (including phenoxy) is 1. The fourth-order valence-electron chi connectivity index (χ4n) is 2.48. The van der Waals surface area contributed by atoms with Crippen LogP contribution in [0.5, 0.6) is 0 Å². The Bertz CT molecular complexity index is 543. The van der Waals surface area contributed by atoms with E-state index in [1.807, 2.05) is 19.9 Å². The van der Waals surface area contributed by atoms with E-state index in [0.29, 0.717) is 19.1 Å². The maximum absolute atomic E-state index is 12.2. The van der Waals surface area contributed by atoms with Crippen molar-refractivity contribution >= 4 is 5.91 Å². The molecular formula is C15H22N2O3. The van der Waals surface area contributed by atoms with Crippen LogP contribution in [-0.4, -0.2) is 30.2 Å². The predicted molar refractivity (Wildman–Crippen MR) is 77.0 cm³/mol. The number of carbonyl (C=O) groups is 1. The van der Waals surface area contributed by atoms with Gasteiger partial charge in [-0.3, -0.25) is 9.59 Å². The number of hydrogen-bond donors (Lipinski definition) is 1. The number of pyridine rings is 1. The van der Waals surface area contributed by atoms with Crippen molar-refractivity contribution in [3.63, 3.8) is 0 Å². The van der Waals surface area contributed by atoms with Crippen LogP contribution in [-0.2, 0) is 11.8 Å². The first-order chi connectivity index (χ1) is 9.50. The van der Waals surface area contributed by atoms with Gasteiger partial charge in [-0.25, -0.2) is 0 Å². The lowest BCUT2D eigenvalue weighted by molar-refractivity contribution is 0.0943. The molecule has 0 radical (unpaired) electrons. The highest BCUT2D eigenvalue weighted by Gasteiger charge is 2.19. The van der Waals surface area contributed by atoms with Crippen LogP contribution in [0.4, 0.5) is 0 Å². The molecule has 0 spiro atoms. The highest BCUT2D eigenvalue weighted by Crippen LogP contribution is 2.12. The third-order valence-electron chi connectivity index (χ3n) is 3.75. The standard InChI is InChI=1S/C15H22N2O3/c1-10(2)13-5-4-12(15(19)17(13)3)14(18)16-8-11-6-7-20-9-11/h4-5,10-11H,6-9H2,1-3H3,(H,16,18)/t11-/m0/s1. The largest absolute Gasteiger partial charge is 0.381 e. The fourth-order valence-corrected chi connectivity index (χ4v) is 2.48. The molecule has 20 heavy (non-hydrogen) atoms. The minimum atomic E-state index is -0.298. The first-order valence-corrected chi connectivity index (χ1v) is 7.06. The highest BCUT2D eigenvalue weighted by molar-refractivity contribution is 5.93. The minimum absolute atomic E-state index is 0.204. The van der Waals surface area contributed by atoms with Gasteiger partial charge in [0.1, 0.15) is 5.56 Å². The summed E-state index contributed by atoms with van der Waals surface area (Å²) in [5.74, 6) is 0.311. The fraction of sp³-hybridized carbons (Fsp3) is 0.600. The summed E-state index contributed by atoms with van der Waals surface area (Å²) in [5, 5.41) is 2.83. The van der Waals surface area contributed by atoms with Crippen molar-refractivity contribution in [2.24, 2.45) is 13.0 Å². The lowest BCUT2D eigenvalue weighted by Crippen LogP contribution is -2.35. The molecule has 1 fully saturated rings. The first kappa shape index (κ1) is 14.8. The van der Waals surface area contributed by atoms with Gasteiger partial charge in [-0.15, -0.1) is 0 Å². The summed E-state index contributed by atoms with van der Waals surface area (Å²) in [6.45, 7) is 6.05. The molecule has 0 bridgehead atoms. The molecule has 0 saturated carbocycles. The van der Waals surface area contributed by atoms with E-state index in [-0.39, 0.29) is 22.9 Å². The number of rotatable bonds is 4. The van der Waals surface area contributed by atoms with Crippen molar-refractivity contribution in [3.05, 3.63) is 33.7 Å². The molecule has 1 aliphatic rings. The Kier molecular flexibility index (Phi) is 4.60. The van der Waals surface area contributed by atoms with Crippen molar-refractivity contribution in [1.82, 2.24) is 9.88 Å². The minimum Gasteiger partial charge on any atom is -0.381 e. The SMILES string of the molecule is CC(C)c1ccc(C(=O)NC[C@@H]2CCOC2)c(=O)n1C. The third-order valence-corrected chi connectivity index (χ3v) is 3.75. The van der Waals surface area contributed by atoms with E-state index in [1.54, 1.807) is 17.7 Å². The van der Waals surface area contributed by atoms with Crippen molar-refractivity contribution in [3.8, 4) is 0 Å². The van der Waals surface area contributed by atoms with E-state index in [0.717, 1.165) is 18.7 Å². The van der Waals surface area contributed by atoms with Crippen molar-refractivity contribution in [1.29, 1.82) is 0 Å². The number of hydrogen-bond acceptors (Lipinski definition) is 3. The smallest absolute Gasteiger partial charge is 0.263 e. The van der Waals surface area contributed by atoms with E-state index in [9.17, 15) is 9.59 Å². The second kappa shape index (κ2) is 6.22. The number of carbonyl (C=O) groups excluding carboxylic acids is 1. The van der Waals surface area contributed by atoms with E-state index in [1.165, 1.54) is 0 Å². The summed E-state index contributed by atoms with van der Waals surface area (Å²) in [7, 11) is 1.71. The zero-order chi connectivity index (χ0) is 14.7. The van der Waals surface area contributed by atoms with Gasteiger partial charge in [0.25, 0.3) is 11.5 Å². The van der Waals surface area contributed by atoms with Crippen LogP contribution >= 0.6 is 0 Å². The van der Waals surface area contributed by atoms with E-state index in [4.69, 9.17) is 4.74 Å². The molecule has 0 unspecified atom stereocenters. The number of aromatic nitrogens is 1. The molecule has 110 valence electrons. The van der Waals surface area contributed by atoms with Crippen LogP contribution in [0, 0.1) is 5.92 Å². The molecule has 0 aromatic carbocycles. The molecule has 1 aromatic rings. The van der Waals surface area contributed by atoms with Gasteiger partial charge in [0.15, 0.2) is 0 Å². The van der Waals surface area contributed by atoms with Gasteiger partial charge < -0.3 is 14.6 Å². The van der Waals surface area contributed by atoms with E-state index in [2.05, 4.69) is 5.32 Å². The molecule has 1 aromatic heterocycles. The second-order valence-corrected chi connectivity index (χ2v) is 5.63. The van der Waals surface area contributed by atoms with Crippen LogP contribution in [0.15, 0.2) is 16.9 Å². The molecule has 0 aliphatic carbocycles. The van der Waals surface area contributed by atoms with Crippen molar-refractivity contribution < 1.29 is 9.53 Å². The molecule has 2 heterocycles. The lowest BCUT2D eigenvalue weighted by Gasteiger charge is -2.14. The summed E-state index contributed by atoms with van der Waals surface area (Å²) in [4.78, 5) is 24.3. The van der Waals surface area contributed by atoms with Crippen LogP contribution in [0.2, 0.25) is 0 Å². The zero-order valence-corrected chi connectivity index (χ0v) is 12.3. The molecule has 5 heteroatoms. The second-order valence-electron chi connectivity index (χ2n) is 5.63. The Hall–Kier alpha value is -1.62. The molecule has 2 rings (SSSR count). The van der Waals surface area contributed by atoms with Crippen LogP contribution in [0.3, 0.4) is 0 Å². The van der Waals surface area contributed by atoms with Gasteiger partial charge in [-0.05, 0) is 24.5 Å². The molecule has 1 N–H and O–H groups in total. The number of nitrogens with zero attached hydrogens (tertiary/aromatic N) is 1. The maximum Gasteiger partial charge on any atom is 0.263 e. The topological polar surface area (TPSA) is 60.3 Å². The third kappa shape index (κ3) is 3.10. The van der Waals surface area contributed by atoms with Gasteiger partial charge in [-0.2, -0.15) is 0 Å². The molecule has 1 amide bonds. The van der Waals surface area contributed by atoms with Gasteiger partial charge in [0.05, 0.1) is 6.61 Å². The van der Waals surface area contributed by atoms with Crippen molar-refractivity contribution in [2.45, 2.75) is 26.2 Å². The molecular weight excluding hydrogens is 256 g/mol. The Morgan fingerprint density at radius 1 is 1.50 bits per heavy atom. The van der Waals surface area contributed by atoms with Crippen molar-refractivity contribution in [2.75, 3.05) is 19.8 Å². The normalized spacial score (nSPS) is 18.5. The van der Waals surface area contributed by atoms with Gasteiger partial charge in [0.2, 0.25) is 0 Å². The van der Waals surface area contributed by atoms with Gasteiger partial charge >= 0.3 is 0 Å². The zero-order valence-electron chi connectivity index (χ0n) is 12.3. The summed E-state index contributed by atoms with van der Waals surface area (Å²) in [5.41, 5.74) is 0.892. The quantitative estimate of drug-likeness (QED) is 0.902. The molecule has 5 nitrogen and oxygen atoms in total. The van der Waals surface area contributed by atoms with Crippen LogP contribution in [0.1, 0.15) is 42.2 Å². The van der Waals surface area contributed by atoms with E-state index >= 15 is 0 Å². The van der Waals surface area contributed by atoms with Crippen LogP contribution in [0.25, 0.3) is 0 Å². The van der Waals surface area contributed by atoms with Gasteiger partial charge in [0, 0.05) is 31.8 Å². The lowest BCUT2D eigenvalue weighted by atomic mass is 10.1. The average Bonchev–Trinajstić information content (AvgIpc) is 2.92. The molecule has 1 saturated heterocycles. The number of amides is 1. The molecule has 1 atom stereocenters. The summed E-state index contributed by atoms with van der Waals surface area (Å²) in [6.07, 6.45) is 0.963. The van der Waals surface area contributed by atoms with Gasteiger partial charge in [-0.1, -0.05) is 13.8 Å². The van der Waals surface area contributed by atoms with E-state index < -0.39 is 0 Å². The molecule has 1 aliphatic heterocycles. The Labute approximate surface area is 118 Å². The number of nitrogens with one attached hydrogen (secondary N) is 1. The highest BCUT2D eigenvalue weighted by atomic mass is 16.5. The average molecular weight is 278 g/mol. The first-order valence-electron chi connectivity index (χ1n) is 7.06. The Balaban J connectivity index is 2.10. The summed E-state index contributed by atoms with van der Waals surface area (Å²) >= 11 is 0.